The molecule has 5 N–H and O–H groups in total. The van der Waals surface area contributed by atoms with Crippen LogP contribution in [0.2, 0.25) is 0 Å². The Morgan fingerprint density at radius 2 is 1.83 bits per heavy atom. The predicted octanol–water partition coefficient (Wildman–Crippen LogP) is -1.10. The second kappa shape index (κ2) is 5.34. The van der Waals surface area contributed by atoms with Crippen molar-refractivity contribution in [2.45, 2.75) is 32.2 Å². The van der Waals surface area contributed by atoms with Crippen molar-refractivity contribution in [3.8, 4) is 0 Å². The summed E-state index contributed by atoms with van der Waals surface area (Å²) in [5, 5.41) is 9.06. The molecule has 1 saturated heterocycles. The summed E-state index contributed by atoms with van der Waals surface area (Å²) >= 11 is 0. The second-order valence-electron chi connectivity index (χ2n) is 4.97. The summed E-state index contributed by atoms with van der Waals surface area (Å²) < 4.78 is 0. The molecule has 0 spiro atoms. The van der Waals surface area contributed by atoms with Gasteiger partial charge in [-0.05, 0) is 19.8 Å². The molecule has 0 aromatic rings. The fourth-order valence-electron chi connectivity index (χ4n) is 1.97. The zero-order chi connectivity index (χ0) is 13.9. The predicted molar refractivity (Wildman–Crippen MR) is 63.3 cm³/mol. The average Bonchev–Trinajstić information content (AvgIpc) is 2.28. The van der Waals surface area contributed by atoms with Crippen LogP contribution in [0.1, 0.15) is 26.2 Å². The van der Waals surface area contributed by atoms with E-state index >= 15 is 0 Å². The fourth-order valence-corrected chi connectivity index (χ4v) is 1.97. The lowest BCUT2D eigenvalue weighted by Crippen LogP contribution is -2.51. The first-order valence-electron chi connectivity index (χ1n) is 5.82. The van der Waals surface area contributed by atoms with Gasteiger partial charge in [0.05, 0.1) is 17.9 Å². The monoisotopic (exact) mass is 257 g/mol. The highest BCUT2D eigenvalue weighted by Crippen LogP contribution is 2.31. The van der Waals surface area contributed by atoms with Crippen LogP contribution in [-0.4, -0.2) is 46.9 Å². The van der Waals surface area contributed by atoms with Crippen molar-refractivity contribution in [2.24, 2.45) is 16.9 Å². The fraction of sp³-hybridized carbons (Fsp3) is 0.727. The van der Waals surface area contributed by atoms with Crippen molar-refractivity contribution in [1.82, 2.24) is 4.90 Å². The van der Waals surface area contributed by atoms with Gasteiger partial charge < -0.3 is 21.5 Å². The van der Waals surface area contributed by atoms with E-state index in [0.717, 1.165) is 0 Å². The molecule has 0 aromatic heterocycles. The number of carboxylic acid groups (broad SMARTS) is 1. The number of hydrogen-bond donors (Lipinski definition) is 3. The van der Waals surface area contributed by atoms with Crippen molar-refractivity contribution >= 4 is 17.8 Å². The van der Waals surface area contributed by atoms with Gasteiger partial charge in [0.2, 0.25) is 11.8 Å². The standard InChI is InChI=1S/C11H19N3O4/c1-11(10(17)18)2-4-14(5-3-11)9(16)7(12)6-8(13)15/h7H,2-6,12H2,1H3,(H2,13,15)(H,17,18). The van der Waals surface area contributed by atoms with E-state index in [2.05, 4.69) is 0 Å². The van der Waals surface area contributed by atoms with Gasteiger partial charge in [0.15, 0.2) is 0 Å². The zero-order valence-corrected chi connectivity index (χ0v) is 10.4. The molecule has 7 heteroatoms. The van der Waals surface area contributed by atoms with Crippen molar-refractivity contribution in [3.63, 3.8) is 0 Å². The van der Waals surface area contributed by atoms with Gasteiger partial charge in [0, 0.05) is 13.1 Å². The molecule has 0 aromatic carbocycles. The maximum atomic E-state index is 11.9. The second-order valence-corrected chi connectivity index (χ2v) is 4.97. The molecule has 1 rings (SSSR count). The van der Waals surface area contributed by atoms with Crippen LogP contribution in [0, 0.1) is 5.41 Å². The number of likely N-dealkylation sites (tertiary alicyclic amines) is 1. The molecule has 0 aliphatic carbocycles. The topological polar surface area (TPSA) is 127 Å². The number of carbonyl (C=O) groups is 3. The van der Waals surface area contributed by atoms with Crippen molar-refractivity contribution < 1.29 is 19.5 Å². The van der Waals surface area contributed by atoms with Gasteiger partial charge in [0.1, 0.15) is 0 Å². The van der Waals surface area contributed by atoms with E-state index < -0.39 is 23.3 Å². The Bertz CT molecular complexity index is 361. The number of nitrogens with zero attached hydrogens (tertiary/aromatic N) is 1. The average molecular weight is 257 g/mol. The van der Waals surface area contributed by atoms with Crippen LogP contribution in [0.15, 0.2) is 0 Å². The van der Waals surface area contributed by atoms with Crippen LogP contribution >= 0.6 is 0 Å². The van der Waals surface area contributed by atoms with Crippen molar-refractivity contribution in [3.05, 3.63) is 0 Å². The van der Waals surface area contributed by atoms with Crippen molar-refractivity contribution in [1.29, 1.82) is 0 Å². The first-order valence-corrected chi connectivity index (χ1v) is 5.82. The Morgan fingerprint density at radius 1 is 1.33 bits per heavy atom. The normalized spacial score (nSPS) is 20.2. The van der Waals surface area contributed by atoms with Gasteiger partial charge in [-0.2, -0.15) is 0 Å². The summed E-state index contributed by atoms with van der Waals surface area (Å²) in [5.74, 6) is -1.82. The maximum absolute atomic E-state index is 11.9. The van der Waals surface area contributed by atoms with E-state index in [1.165, 1.54) is 4.90 Å². The molecule has 1 unspecified atom stereocenters. The summed E-state index contributed by atoms with van der Waals surface area (Å²) in [7, 11) is 0. The zero-order valence-electron chi connectivity index (χ0n) is 10.4. The van der Waals surface area contributed by atoms with Crippen LogP contribution in [0.4, 0.5) is 0 Å². The summed E-state index contributed by atoms with van der Waals surface area (Å²) in [4.78, 5) is 35.1. The minimum Gasteiger partial charge on any atom is -0.481 e. The highest BCUT2D eigenvalue weighted by atomic mass is 16.4. The molecule has 18 heavy (non-hydrogen) atoms. The first kappa shape index (κ1) is 14.4. The molecule has 0 radical (unpaired) electrons. The lowest BCUT2D eigenvalue weighted by molar-refractivity contribution is -0.153. The minimum atomic E-state index is -0.934. The molecule has 1 fully saturated rings. The van der Waals surface area contributed by atoms with Gasteiger partial charge >= 0.3 is 5.97 Å². The van der Waals surface area contributed by atoms with E-state index in [0.29, 0.717) is 25.9 Å². The molecule has 1 atom stereocenters. The number of piperidine rings is 1. The number of rotatable bonds is 4. The van der Waals surface area contributed by atoms with Crippen LogP contribution in [0.3, 0.4) is 0 Å². The number of primary amides is 1. The summed E-state index contributed by atoms with van der Waals surface area (Å²) in [6, 6.07) is -0.934. The molecule has 2 amide bonds. The minimum absolute atomic E-state index is 0.189. The van der Waals surface area contributed by atoms with Gasteiger partial charge in [-0.1, -0.05) is 0 Å². The van der Waals surface area contributed by atoms with E-state index in [1.54, 1.807) is 6.92 Å². The summed E-state index contributed by atoms with van der Waals surface area (Å²) in [5.41, 5.74) is 9.76. The van der Waals surface area contributed by atoms with E-state index in [-0.39, 0.29) is 12.3 Å². The Labute approximate surface area is 105 Å². The molecule has 1 aliphatic rings. The number of carbonyl (C=O) groups excluding carboxylic acids is 2. The first-order chi connectivity index (χ1) is 8.26. The third-order valence-corrected chi connectivity index (χ3v) is 3.43. The highest BCUT2D eigenvalue weighted by Gasteiger charge is 2.38. The van der Waals surface area contributed by atoms with E-state index in [1.807, 2.05) is 0 Å². The maximum Gasteiger partial charge on any atom is 0.309 e. The largest absolute Gasteiger partial charge is 0.481 e. The van der Waals surface area contributed by atoms with Crippen LogP contribution in [0.5, 0.6) is 0 Å². The van der Waals surface area contributed by atoms with Crippen LogP contribution in [0.25, 0.3) is 0 Å². The van der Waals surface area contributed by atoms with Crippen molar-refractivity contribution in [2.75, 3.05) is 13.1 Å². The number of carboxylic acids is 1. The third kappa shape index (κ3) is 3.19. The summed E-state index contributed by atoms with van der Waals surface area (Å²) in [6.45, 7) is 2.35. The molecular weight excluding hydrogens is 238 g/mol. The molecule has 0 saturated carbocycles. The van der Waals surface area contributed by atoms with E-state index in [9.17, 15) is 14.4 Å². The van der Waals surface area contributed by atoms with Gasteiger partial charge in [0.25, 0.3) is 0 Å². The van der Waals surface area contributed by atoms with Gasteiger partial charge in [-0.3, -0.25) is 14.4 Å². The number of hydrogen-bond acceptors (Lipinski definition) is 4. The number of aliphatic carboxylic acids is 1. The Hall–Kier alpha value is -1.63. The lowest BCUT2D eigenvalue weighted by Gasteiger charge is -2.37. The van der Waals surface area contributed by atoms with Gasteiger partial charge in [-0.25, -0.2) is 0 Å². The third-order valence-electron chi connectivity index (χ3n) is 3.43. The molecular formula is C11H19N3O4. The Kier molecular flexibility index (Phi) is 4.28. The Morgan fingerprint density at radius 3 is 2.22 bits per heavy atom. The lowest BCUT2D eigenvalue weighted by atomic mass is 9.80. The Balaban J connectivity index is 2.55. The van der Waals surface area contributed by atoms with E-state index in [4.69, 9.17) is 16.6 Å². The van der Waals surface area contributed by atoms with Crippen LogP contribution < -0.4 is 11.5 Å². The highest BCUT2D eigenvalue weighted by molar-refractivity contribution is 5.87. The number of nitrogens with two attached hydrogens (primary N) is 2. The molecule has 0 bridgehead atoms. The smallest absolute Gasteiger partial charge is 0.309 e. The SMILES string of the molecule is CC1(C(=O)O)CCN(C(=O)C(N)CC(N)=O)CC1. The molecule has 1 heterocycles. The summed E-state index contributed by atoms with van der Waals surface area (Å²) in [6.07, 6.45) is 0.584. The molecule has 102 valence electrons. The molecule has 7 nitrogen and oxygen atoms in total. The van der Waals surface area contributed by atoms with Gasteiger partial charge in [-0.15, -0.1) is 0 Å². The quantitative estimate of drug-likeness (QED) is 0.589. The molecule has 1 aliphatic heterocycles. The number of amides is 2. The van der Waals surface area contributed by atoms with Crippen LogP contribution in [-0.2, 0) is 14.4 Å².